The van der Waals surface area contributed by atoms with Crippen LogP contribution < -0.4 is 5.73 Å². The molecule has 0 saturated carbocycles. The fraction of sp³-hybridized carbons (Fsp3) is 0.214. The van der Waals surface area contributed by atoms with E-state index in [2.05, 4.69) is 15.9 Å². The Morgan fingerprint density at radius 3 is 2.38 bits per heavy atom. The van der Waals surface area contributed by atoms with Crippen LogP contribution in [0.1, 0.15) is 22.4 Å². The highest BCUT2D eigenvalue weighted by atomic mass is 79.9. The van der Waals surface area contributed by atoms with Crippen LogP contribution in [-0.4, -0.2) is 4.57 Å². The highest BCUT2D eigenvalue weighted by Gasteiger charge is 2.35. The van der Waals surface area contributed by atoms with Crippen molar-refractivity contribution < 1.29 is 13.2 Å². The van der Waals surface area contributed by atoms with Crippen molar-refractivity contribution in [2.24, 2.45) is 0 Å². The molecule has 0 aliphatic rings. The van der Waals surface area contributed by atoms with Gasteiger partial charge in [0.15, 0.2) is 0 Å². The molecule has 0 radical (unpaired) electrons. The molecular weight excluding hydrogens is 347 g/mol. The number of anilines is 1. The van der Waals surface area contributed by atoms with Crippen molar-refractivity contribution >= 4 is 21.7 Å². The molecule has 0 aliphatic heterocycles. The largest absolute Gasteiger partial charge is 0.418 e. The predicted octanol–water partition coefficient (Wildman–Crippen LogP) is 4.33. The van der Waals surface area contributed by atoms with Crippen molar-refractivity contribution in [2.45, 2.75) is 20.0 Å². The van der Waals surface area contributed by atoms with Gasteiger partial charge in [-0.3, -0.25) is 4.57 Å². The third-order valence-corrected chi connectivity index (χ3v) is 3.86. The van der Waals surface area contributed by atoms with Crippen molar-refractivity contribution in [3.8, 4) is 11.8 Å². The Labute approximate surface area is 127 Å². The normalized spacial score (nSPS) is 11.5. The molecule has 1 heterocycles. The zero-order chi connectivity index (χ0) is 15.9. The van der Waals surface area contributed by atoms with E-state index in [9.17, 15) is 13.2 Å². The van der Waals surface area contributed by atoms with Crippen molar-refractivity contribution in [3.63, 3.8) is 0 Å². The van der Waals surface area contributed by atoms with Gasteiger partial charge in [-0.15, -0.1) is 0 Å². The van der Waals surface area contributed by atoms with E-state index >= 15 is 0 Å². The number of hydrogen-bond donors (Lipinski definition) is 1. The summed E-state index contributed by atoms with van der Waals surface area (Å²) in [6, 6.07) is 5.76. The smallest absolute Gasteiger partial charge is 0.384 e. The van der Waals surface area contributed by atoms with Gasteiger partial charge in [-0.2, -0.15) is 18.4 Å². The van der Waals surface area contributed by atoms with Crippen molar-refractivity contribution in [1.29, 1.82) is 5.26 Å². The predicted molar refractivity (Wildman–Crippen MR) is 77.1 cm³/mol. The Morgan fingerprint density at radius 2 is 1.90 bits per heavy atom. The number of aromatic nitrogens is 1. The van der Waals surface area contributed by atoms with Crippen LogP contribution in [0.3, 0.4) is 0 Å². The van der Waals surface area contributed by atoms with Gasteiger partial charge >= 0.3 is 6.18 Å². The van der Waals surface area contributed by atoms with Crippen LogP contribution in [0, 0.1) is 25.2 Å². The second-order valence-corrected chi connectivity index (χ2v) is 5.49. The number of benzene rings is 1. The lowest BCUT2D eigenvalue weighted by atomic mass is 10.1. The van der Waals surface area contributed by atoms with Crippen molar-refractivity contribution in [3.05, 3.63) is 45.1 Å². The van der Waals surface area contributed by atoms with Gasteiger partial charge in [-0.05, 0) is 37.6 Å². The monoisotopic (exact) mass is 357 g/mol. The zero-order valence-electron chi connectivity index (χ0n) is 11.2. The van der Waals surface area contributed by atoms with E-state index in [0.717, 1.165) is 6.07 Å². The molecule has 0 amide bonds. The lowest BCUT2D eigenvalue weighted by Gasteiger charge is -2.17. The van der Waals surface area contributed by atoms with E-state index in [1.807, 2.05) is 6.07 Å². The summed E-state index contributed by atoms with van der Waals surface area (Å²) in [5.74, 6) is 0.0142. The molecular formula is C14H11BrF3N3. The molecule has 110 valence electrons. The summed E-state index contributed by atoms with van der Waals surface area (Å²) in [6.07, 6.45) is -4.52. The zero-order valence-corrected chi connectivity index (χ0v) is 12.8. The fourth-order valence-corrected chi connectivity index (χ4v) is 2.58. The van der Waals surface area contributed by atoms with Gasteiger partial charge in [0, 0.05) is 10.2 Å². The third-order valence-electron chi connectivity index (χ3n) is 3.37. The molecule has 2 N–H and O–H groups in total. The first kappa shape index (κ1) is 15.4. The topological polar surface area (TPSA) is 54.7 Å². The quantitative estimate of drug-likeness (QED) is 0.825. The van der Waals surface area contributed by atoms with Crippen LogP contribution >= 0.6 is 15.9 Å². The summed E-state index contributed by atoms with van der Waals surface area (Å²) >= 11 is 3.04. The molecule has 0 aliphatic carbocycles. The van der Waals surface area contributed by atoms with Crippen LogP contribution in [0.5, 0.6) is 0 Å². The third kappa shape index (κ3) is 2.51. The summed E-state index contributed by atoms with van der Waals surface area (Å²) in [5, 5.41) is 9.08. The van der Waals surface area contributed by atoms with Gasteiger partial charge in [0.1, 0.15) is 11.9 Å². The van der Waals surface area contributed by atoms with Crippen molar-refractivity contribution in [2.75, 3.05) is 5.73 Å². The fourth-order valence-electron chi connectivity index (χ4n) is 2.22. The molecule has 3 nitrogen and oxygen atoms in total. The number of nitrogens with two attached hydrogens (primary N) is 1. The van der Waals surface area contributed by atoms with E-state index in [1.54, 1.807) is 13.8 Å². The minimum Gasteiger partial charge on any atom is -0.384 e. The Hall–Kier alpha value is -1.94. The van der Waals surface area contributed by atoms with Crippen LogP contribution in [0.2, 0.25) is 0 Å². The van der Waals surface area contributed by atoms with Gasteiger partial charge in [-0.1, -0.05) is 15.9 Å². The molecule has 0 atom stereocenters. The summed E-state index contributed by atoms with van der Waals surface area (Å²) in [7, 11) is 0. The lowest BCUT2D eigenvalue weighted by Crippen LogP contribution is -2.13. The number of alkyl halides is 3. The Kier molecular flexibility index (Phi) is 3.76. The van der Waals surface area contributed by atoms with Crippen LogP contribution in [0.4, 0.5) is 19.0 Å². The molecule has 21 heavy (non-hydrogen) atoms. The Morgan fingerprint density at radius 1 is 1.29 bits per heavy atom. The minimum atomic E-state index is -4.52. The Balaban J connectivity index is 2.84. The molecule has 0 fully saturated rings. The SMILES string of the molecule is Cc1c(C#N)c(N)n(-c2ccc(Br)cc2C(F)(F)F)c1C. The maximum atomic E-state index is 13.2. The lowest BCUT2D eigenvalue weighted by molar-refractivity contribution is -0.137. The van der Waals surface area contributed by atoms with E-state index < -0.39 is 11.7 Å². The molecule has 0 saturated heterocycles. The van der Waals surface area contributed by atoms with Gasteiger partial charge in [0.2, 0.25) is 0 Å². The maximum absolute atomic E-state index is 13.2. The number of halogens is 4. The first-order valence-electron chi connectivity index (χ1n) is 5.93. The first-order chi connectivity index (χ1) is 9.68. The average molecular weight is 358 g/mol. The summed E-state index contributed by atoms with van der Waals surface area (Å²) < 4.78 is 41.3. The van der Waals surface area contributed by atoms with E-state index in [4.69, 9.17) is 11.0 Å². The number of rotatable bonds is 1. The van der Waals surface area contributed by atoms with E-state index in [0.29, 0.717) is 15.7 Å². The Bertz CT molecular complexity index is 754. The summed E-state index contributed by atoms with van der Waals surface area (Å²) in [4.78, 5) is 0. The maximum Gasteiger partial charge on any atom is 0.418 e. The highest BCUT2D eigenvalue weighted by Crippen LogP contribution is 2.38. The highest BCUT2D eigenvalue weighted by molar-refractivity contribution is 9.10. The van der Waals surface area contributed by atoms with Crippen LogP contribution in [-0.2, 0) is 6.18 Å². The van der Waals surface area contributed by atoms with Gasteiger partial charge in [0.25, 0.3) is 0 Å². The molecule has 1 aromatic heterocycles. The van der Waals surface area contributed by atoms with Gasteiger partial charge in [0.05, 0.1) is 16.8 Å². The minimum absolute atomic E-state index is 0.0142. The van der Waals surface area contributed by atoms with E-state index in [-0.39, 0.29) is 17.1 Å². The second-order valence-electron chi connectivity index (χ2n) is 4.58. The molecule has 7 heteroatoms. The standard InChI is InChI=1S/C14H11BrF3N3/c1-7-8(2)21(13(20)10(7)6-19)12-4-3-9(15)5-11(12)14(16,17)18/h3-5H,20H2,1-2H3. The van der Waals surface area contributed by atoms with Gasteiger partial charge < -0.3 is 5.73 Å². The number of nitrogen functional groups attached to an aromatic ring is 1. The molecule has 0 unspecified atom stereocenters. The van der Waals surface area contributed by atoms with E-state index in [1.165, 1.54) is 16.7 Å². The molecule has 2 rings (SSSR count). The summed E-state index contributed by atoms with van der Waals surface area (Å²) in [5.41, 5.74) is 6.24. The molecule has 2 aromatic rings. The summed E-state index contributed by atoms with van der Waals surface area (Å²) in [6.45, 7) is 3.29. The number of nitrogens with zero attached hydrogens (tertiary/aromatic N) is 2. The van der Waals surface area contributed by atoms with Crippen molar-refractivity contribution in [1.82, 2.24) is 4.57 Å². The second kappa shape index (κ2) is 5.11. The number of hydrogen-bond acceptors (Lipinski definition) is 2. The molecule has 0 spiro atoms. The van der Waals surface area contributed by atoms with Gasteiger partial charge in [-0.25, -0.2) is 0 Å². The van der Waals surface area contributed by atoms with Crippen LogP contribution in [0.15, 0.2) is 22.7 Å². The molecule has 0 bridgehead atoms. The number of nitriles is 1. The molecule has 1 aromatic carbocycles. The first-order valence-corrected chi connectivity index (χ1v) is 6.72. The average Bonchev–Trinajstić information content (AvgIpc) is 2.60. The van der Waals surface area contributed by atoms with Crippen LogP contribution in [0.25, 0.3) is 5.69 Å².